The number of hydrogen-bond acceptors (Lipinski definition) is 5. The lowest BCUT2D eigenvalue weighted by Gasteiger charge is -2.08. The Morgan fingerprint density at radius 3 is 1.27 bits per heavy atom. The van der Waals surface area contributed by atoms with Crippen molar-refractivity contribution in [3.05, 3.63) is 83.9 Å². The van der Waals surface area contributed by atoms with Gasteiger partial charge in [0, 0.05) is 0 Å². The Kier molecular flexibility index (Phi) is 12.4. The average molecular weight is 413 g/mol. The molecule has 0 N–H and O–H groups in total. The van der Waals surface area contributed by atoms with Gasteiger partial charge in [-0.15, -0.1) is 0 Å². The van der Waals surface area contributed by atoms with Crippen LogP contribution in [0.5, 0.6) is 0 Å². The summed E-state index contributed by atoms with van der Waals surface area (Å²) in [5.74, 6) is 0. The normalized spacial score (nSPS) is 10.8. The van der Waals surface area contributed by atoms with Crippen LogP contribution in [0.25, 0.3) is 12.2 Å². The van der Waals surface area contributed by atoms with E-state index in [-0.39, 0.29) is 6.79 Å². The van der Waals surface area contributed by atoms with Crippen LogP contribution < -0.4 is 0 Å². The van der Waals surface area contributed by atoms with E-state index in [2.05, 4.69) is 13.2 Å². The zero-order valence-corrected chi connectivity index (χ0v) is 17.6. The summed E-state index contributed by atoms with van der Waals surface area (Å²) in [6.45, 7) is 12.0. The molecule has 0 saturated carbocycles. The minimum Gasteiger partial charge on any atom is -0.377 e. The molecule has 0 aliphatic carbocycles. The molecule has 0 aliphatic rings. The summed E-state index contributed by atoms with van der Waals surface area (Å²) in [6, 6.07) is 16.2. The largest absolute Gasteiger partial charge is 0.377 e. The van der Waals surface area contributed by atoms with Gasteiger partial charge < -0.3 is 23.7 Å². The first-order valence-electron chi connectivity index (χ1n) is 10.1. The van der Waals surface area contributed by atoms with Gasteiger partial charge in [0.15, 0.2) is 0 Å². The van der Waals surface area contributed by atoms with Gasteiger partial charge in [0.2, 0.25) is 0 Å². The molecule has 0 amide bonds. The van der Waals surface area contributed by atoms with Crippen molar-refractivity contribution >= 4 is 12.2 Å². The van der Waals surface area contributed by atoms with Crippen LogP contribution in [0.3, 0.4) is 0 Å². The van der Waals surface area contributed by atoms with Crippen LogP contribution in [0.2, 0.25) is 0 Å². The second-order valence-electron chi connectivity index (χ2n) is 6.54. The standard InChI is InChI=1S/C25H32O5/c1-3-22-5-9-24(10-6-22)19-27-15-13-26-14-17-29-21-30-18-16-28-20-25-11-7-23(4-2)8-12-25/h3-12H,1-2,13-21H2. The Morgan fingerprint density at radius 2 is 0.867 bits per heavy atom. The highest BCUT2D eigenvalue weighted by Gasteiger charge is 1.96. The Bertz CT molecular complexity index is 646. The fraction of sp³-hybridized carbons (Fsp3) is 0.360. The fourth-order valence-corrected chi connectivity index (χ4v) is 2.51. The van der Waals surface area contributed by atoms with Crippen LogP contribution in [-0.4, -0.2) is 46.4 Å². The monoisotopic (exact) mass is 412 g/mol. The van der Waals surface area contributed by atoms with Crippen molar-refractivity contribution < 1.29 is 23.7 Å². The highest BCUT2D eigenvalue weighted by molar-refractivity contribution is 5.47. The maximum Gasteiger partial charge on any atom is 0.146 e. The second kappa shape index (κ2) is 15.5. The van der Waals surface area contributed by atoms with E-state index in [1.165, 1.54) is 0 Å². The quantitative estimate of drug-likeness (QED) is 0.278. The smallest absolute Gasteiger partial charge is 0.146 e. The molecule has 30 heavy (non-hydrogen) atoms. The number of benzene rings is 2. The summed E-state index contributed by atoms with van der Waals surface area (Å²) in [5, 5.41) is 0. The van der Waals surface area contributed by atoms with Gasteiger partial charge in [-0.3, -0.25) is 0 Å². The molecule has 2 aromatic carbocycles. The summed E-state index contributed by atoms with van der Waals surface area (Å²) in [6.07, 6.45) is 3.65. The Morgan fingerprint density at radius 1 is 0.500 bits per heavy atom. The lowest BCUT2D eigenvalue weighted by molar-refractivity contribution is -0.0848. The van der Waals surface area contributed by atoms with Gasteiger partial charge in [-0.2, -0.15) is 0 Å². The lowest BCUT2D eigenvalue weighted by atomic mass is 10.1. The van der Waals surface area contributed by atoms with Crippen LogP contribution in [-0.2, 0) is 36.9 Å². The van der Waals surface area contributed by atoms with Gasteiger partial charge in [0.25, 0.3) is 0 Å². The molecule has 0 spiro atoms. The predicted octanol–water partition coefficient (Wildman–Crippen LogP) is 4.71. The zero-order chi connectivity index (χ0) is 21.3. The maximum atomic E-state index is 5.58. The van der Waals surface area contributed by atoms with Crippen molar-refractivity contribution in [3.63, 3.8) is 0 Å². The predicted molar refractivity (Wildman–Crippen MR) is 120 cm³/mol. The first-order chi connectivity index (χ1) is 14.8. The summed E-state index contributed by atoms with van der Waals surface area (Å²) in [7, 11) is 0. The molecule has 162 valence electrons. The minimum absolute atomic E-state index is 0.234. The van der Waals surface area contributed by atoms with E-state index in [0.29, 0.717) is 52.9 Å². The van der Waals surface area contributed by atoms with Crippen LogP contribution in [0.4, 0.5) is 0 Å². The second-order valence-corrected chi connectivity index (χ2v) is 6.54. The molecule has 0 radical (unpaired) electrons. The average Bonchev–Trinajstić information content (AvgIpc) is 2.80. The number of hydrogen-bond donors (Lipinski definition) is 0. The highest BCUT2D eigenvalue weighted by atomic mass is 16.7. The first-order valence-corrected chi connectivity index (χ1v) is 10.1. The molecule has 0 aromatic heterocycles. The molecular formula is C25H32O5. The van der Waals surface area contributed by atoms with Gasteiger partial charge in [0.1, 0.15) is 6.79 Å². The Hall–Kier alpha value is -2.28. The molecule has 0 aliphatic heterocycles. The third-order valence-corrected chi connectivity index (χ3v) is 4.25. The summed E-state index contributed by atoms with van der Waals surface area (Å²) < 4.78 is 27.4. The van der Waals surface area contributed by atoms with Crippen molar-refractivity contribution in [3.8, 4) is 0 Å². The van der Waals surface area contributed by atoms with Crippen molar-refractivity contribution in [2.45, 2.75) is 13.2 Å². The molecule has 0 heterocycles. The summed E-state index contributed by atoms with van der Waals surface area (Å²) in [5.41, 5.74) is 4.47. The van der Waals surface area contributed by atoms with E-state index >= 15 is 0 Å². The first kappa shape index (κ1) is 24.0. The molecule has 0 atom stereocenters. The number of rotatable bonds is 17. The highest BCUT2D eigenvalue weighted by Crippen LogP contribution is 2.07. The van der Waals surface area contributed by atoms with Crippen molar-refractivity contribution in [1.82, 2.24) is 0 Å². The van der Waals surface area contributed by atoms with E-state index in [4.69, 9.17) is 23.7 Å². The molecule has 2 rings (SSSR count). The van der Waals surface area contributed by atoms with Gasteiger partial charge in [-0.1, -0.05) is 73.8 Å². The SMILES string of the molecule is C=Cc1ccc(COCCOCCOCOCCOCc2ccc(C=C)cc2)cc1. The van der Waals surface area contributed by atoms with E-state index in [0.717, 1.165) is 22.3 Å². The Labute approximate surface area is 179 Å². The molecule has 2 aromatic rings. The van der Waals surface area contributed by atoms with Crippen LogP contribution in [0, 0.1) is 0 Å². The van der Waals surface area contributed by atoms with E-state index in [9.17, 15) is 0 Å². The number of ether oxygens (including phenoxy) is 5. The molecule has 5 nitrogen and oxygen atoms in total. The molecular weight excluding hydrogens is 380 g/mol. The Balaban J connectivity index is 1.33. The van der Waals surface area contributed by atoms with Gasteiger partial charge in [0.05, 0.1) is 52.9 Å². The minimum atomic E-state index is 0.234. The lowest BCUT2D eigenvalue weighted by Crippen LogP contribution is -2.12. The van der Waals surface area contributed by atoms with Gasteiger partial charge in [-0.25, -0.2) is 0 Å². The third kappa shape index (κ3) is 10.5. The topological polar surface area (TPSA) is 46.2 Å². The van der Waals surface area contributed by atoms with Crippen LogP contribution in [0.15, 0.2) is 61.7 Å². The molecule has 5 heteroatoms. The van der Waals surface area contributed by atoms with Gasteiger partial charge in [-0.05, 0) is 22.3 Å². The summed E-state index contributed by atoms with van der Waals surface area (Å²) >= 11 is 0. The van der Waals surface area contributed by atoms with Crippen molar-refractivity contribution in [1.29, 1.82) is 0 Å². The van der Waals surface area contributed by atoms with Crippen molar-refractivity contribution in [2.75, 3.05) is 46.4 Å². The van der Waals surface area contributed by atoms with E-state index in [1.807, 2.05) is 60.7 Å². The summed E-state index contributed by atoms with van der Waals surface area (Å²) in [4.78, 5) is 0. The maximum absolute atomic E-state index is 5.58. The zero-order valence-electron chi connectivity index (χ0n) is 17.6. The third-order valence-electron chi connectivity index (χ3n) is 4.25. The van der Waals surface area contributed by atoms with Crippen LogP contribution >= 0.6 is 0 Å². The van der Waals surface area contributed by atoms with E-state index in [1.54, 1.807) is 0 Å². The van der Waals surface area contributed by atoms with Gasteiger partial charge >= 0.3 is 0 Å². The molecule has 0 bridgehead atoms. The molecule has 0 saturated heterocycles. The van der Waals surface area contributed by atoms with Crippen molar-refractivity contribution in [2.24, 2.45) is 0 Å². The molecule has 0 unspecified atom stereocenters. The van der Waals surface area contributed by atoms with E-state index < -0.39 is 0 Å². The fourth-order valence-electron chi connectivity index (χ4n) is 2.51. The molecule has 0 fully saturated rings. The van der Waals surface area contributed by atoms with Crippen LogP contribution in [0.1, 0.15) is 22.3 Å².